The van der Waals surface area contributed by atoms with Crippen LogP contribution in [0.1, 0.15) is 17.7 Å². The van der Waals surface area contributed by atoms with Crippen molar-refractivity contribution in [1.29, 1.82) is 0 Å². The summed E-state index contributed by atoms with van der Waals surface area (Å²) < 4.78 is 28.9. The van der Waals surface area contributed by atoms with Crippen LogP contribution >= 0.6 is 11.3 Å². The molecule has 11 heteroatoms. The van der Waals surface area contributed by atoms with E-state index in [2.05, 4.69) is 20.8 Å². The van der Waals surface area contributed by atoms with Gasteiger partial charge < -0.3 is 5.32 Å². The van der Waals surface area contributed by atoms with Crippen LogP contribution in [-0.4, -0.2) is 51.9 Å². The number of hydrogen-bond acceptors (Lipinski definition) is 7. The van der Waals surface area contributed by atoms with E-state index < -0.39 is 10.0 Å². The molecule has 1 aliphatic rings. The molecule has 0 aliphatic carbocycles. The van der Waals surface area contributed by atoms with Crippen LogP contribution in [0.25, 0.3) is 5.69 Å². The fourth-order valence-electron chi connectivity index (χ4n) is 3.31. The van der Waals surface area contributed by atoms with Gasteiger partial charge in [-0.2, -0.15) is 4.31 Å². The molecule has 1 aliphatic heterocycles. The topological polar surface area (TPSA) is 110 Å². The quantitative estimate of drug-likeness (QED) is 0.631. The minimum atomic E-state index is -3.68. The van der Waals surface area contributed by atoms with Crippen molar-refractivity contribution in [2.24, 2.45) is 5.92 Å². The van der Waals surface area contributed by atoms with Gasteiger partial charge in [-0.15, -0.1) is 16.4 Å². The highest BCUT2D eigenvalue weighted by Crippen LogP contribution is 2.24. The van der Waals surface area contributed by atoms with Gasteiger partial charge in [-0.05, 0) is 59.0 Å². The molecule has 1 fully saturated rings. The van der Waals surface area contributed by atoms with Gasteiger partial charge in [-0.1, -0.05) is 6.07 Å². The Kier molecular flexibility index (Phi) is 5.69. The lowest BCUT2D eigenvalue weighted by atomic mass is 9.99. The second-order valence-electron chi connectivity index (χ2n) is 6.75. The second kappa shape index (κ2) is 8.39. The van der Waals surface area contributed by atoms with Crippen LogP contribution in [0.15, 0.2) is 53.0 Å². The van der Waals surface area contributed by atoms with Gasteiger partial charge in [0.15, 0.2) is 0 Å². The van der Waals surface area contributed by atoms with Gasteiger partial charge in [0.1, 0.15) is 6.33 Å². The third-order valence-corrected chi connectivity index (χ3v) is 7.62. The standard InChI is InChI=1S/C18H20N6O3S2/c25-18(19-11-16-4-2-10-28-16)14-3-1-9-23(12-14)29(26,27)17-7-5-15(6-8-17)24-13-20-21-22-24/h2,4-8,10,13-14H,1,3,9,11-12H2,(H,19,25)/t14-/m0/s1. The summed E-state index contributed by atoms with van der Waals surface area (Å²) in [4.78, 5) is 13.8. The number of thiophene rings is 1. The normalized spacial score (nSPS) is 17.9. The number of carbonyl (C=O) groups excluding carboxylic acids is 1. The Hall–Kier alpha value is -2.63. The first-order chi connectivity index (χ1) is 14.0. The van der Waals surface area contributed by atoms with Gasteiger partial charge in [0, 0.05) is 18.0 Å². The van der Waals surface area contributed by atoms with E-state index in [1.54, 1.807) is 23.5 Å². The predicted octanol–water partition coefficient (Wildman–Crippen LogP) is 1.44. The summed E-state index contributed by atoms with van der Waals surface area (Å²) in [5, 5.41) is 15.8. The summed E-state index contributed by atoms with van der Waals surface area (Å²) in [6.45, 7) is 1.07. The summed E-state index contributed by atoms with van der Waals surface area (Å²) in [6.07, 6.45) is 2.77. The van der Waals surface area contributed by atoms with E-state index in [9.17, 15) is 13.2 Å². The third-order valence-electron chi connectivity index (χ3n) is 4.86. The van der Waals surface area contributed by atoms with E-state index in [-0.39, 0.29) is 23.3 Å². The molecular weight excluding hydrogens is 412 g/mol. The molecule has 4 rings (SSSR count). The number of amides is 1. The SMILES string of the molecule is O=C(NCc1cccs1)[C@H]1CCCN(S(=O)(=O)c2ccc(-n3cnnn3)cc2)C1. The number of nitrogens with one attached hydrogen (secondary N) is 1. The third kappa shape index (κ3) is 4.36. The van der Waals surface area contributed by atoms with Gasteiger partial charge in [-0.3, -0.25) is 4.79 Å². The maximum absolute atomic E-state index is 13.0. The molecule has 1 aromatic carbocycles. The number of tetrazole rings is 1. The van der Waals surface area contributed by atoms with E-state index in [1.165, 1.54) is 27.4 Å². The summed E-state index contributed by atoms with van der Waals surface area (Å²) in [5.41, 5.74) is 0.665. The van der Waals surface area contributed by atoms with Crippen LogP contribution in [0.5, 0.6) is 0 Å². The molecule has 1 amide bonds. The molecule has 1 N–H and O–H groups in total. The van der Waals surface area contributed by atoms with E-state index in [4.69, 9.17) is 0 Å². The van der Waals surface area contributed by atoms with E-state index in [0.717, 1.165) is 4.88 Å². The number of carbonyl (C=O) groups is 1. The Morgan fingerprint density at radius 2 is 2.07 bits per heavy atom. The fraction of sp³-hybridized carbons (Fsp3) is 0.333. The van der Waals surface area contributed by atoms with Crippen molar-refractivity contribution >= 4 is 27.3 Å². The molecular formula is C18H20N6O3S2. The van der Waals surface area contributed by atoms with Crippen molar-refractivity contribution in [3.05, 3.63) is 53.0 Å². The lowest BCUT2D eigenvalue weighted by Gasteiger charge is -2.31. The number of aromatic nitrogens is 4. The number of nitrogens with zero attached hydrogens (tertiary/aromatic N) is 5. The molecule has 1 atom stereocenters. The molecule has 0 unspecified atom stereocenters. The highest BCUT2D eigenvalue weighted by Gasteiger charge is 2.33. The average Bonchev–Trinajstić information content (AvgIpc) is 3.46. The maximum Gasteiger partial charge on any atom is 0.243 e. The van der Waals surface area contributed by atoms with E-state index in [1.807, 2.05) is 17.5 Å². The van der Waals surface area contributed by atoms with Crippen molar-refractivity contribution in [2.45, 2.75) is 24.3 Å². The summed E-state index contributed by atoms with van der Waals surface area (Å²) in [7, 11) is -3.68. The Morgan fingerprint density at radius 3 is 2.76 bits per heavy atom. The first-order valence-electron chi connectivity index (χ1n) is 9.18. The number of rotatable bonds is 6. The van der Waals surface area contributed by atoms with Crippen LogP contribution in [0, 0.1) is 5.92 Å². The van der Waals surface area contributed by atoms with Gasteiger partial charge in [0.2, 0.25) is 15.9 Å². The van der Waals surface area contributed by atoms with E-state index >= 15 is 0 Å². The Bertz CT molecular complexity index is 1050. The molecule has 2 aromatic heterocycles. The molecule has 0 bridgehead atoms. The summed E-state index contributed by atoms with van der Waals surface area (Å²) in [6, 6.07) is 10.3. The van der Waals surface area contributed by atoms with Crippen molar-refractivity contribution < 1.29 is 13.2 Å². The van der Waals surface area contributed by atoms with Gasteiger partial charge in [0.25, 0.3) is 0 Å². The smallest absolute Gasteiger partial charge is 0.243 e. The molecule has 0 spiro atoms. The highest BCUT2D eigenvalue weighted by atomic mass is 32.2. The van der Waals surface area contributed by atoms with Gasteiger partial charge >= 0.3 is 0 Å². The number of piperidine rings is 1. The number of benzene rings is 1. The minimum absolute atomic E-state index is 0.104. The van der Waals surface area contributed by atoms with Crippen LogP contribution in [0.2, 0.25) is 0 Å². The zero-order chi connectivity index (χ0) is 20.3. The lowest BCUT2D eigenvalue weighted by Crippen LogP contribution is -2.45. The zero-order valence-corrected chi connectivity index (χ0v) is 17.1. The monoisotopic (exact) mass is 432 g/mol. The van der Waals surface area contributed by atoms with Gasteiger partial charge in [-0.25, -0.2) is 13.1 Å². The minimum Gasteiger partial charge on any atom is -0.351 e. The molecule has 1 saturated heterocycles. The largest absolute Gasteiger partial charge is 0.351 e. The number of sulfonamides is 1. The number of hydrogen-bond donors (Lipinski definition) is 1. The maximum atomic E-state index is 13.0. The molecule has 0 saturated carbocycles. The van der Waals surface area contributed by atoms with Crippen LogP contribution in [0.3, 0.4) is 0 Å². The Balaban J connectivity index is 1.43. The fourth-order valence-corrected chi connectivity index (χ4v) is 5.47. The molecule has 0 radical (unpaired) electrons. The van der Waals surface area contributed by atoms with Crippen molar-refractivity contribution in [2.75, 3.05) is 13.1 Å². The summed E-state index contributed by atoms with van der Waals surface area (Å²) >= 11 is 1.58. The van der Waals surface area contributed by atoms with Crippen molar-refractivity contribution in [3.63, 3.8) is 0 Å². The molecule has 29 heavy (non-hydrogen) atoms. The molecule has 9 nitrogen and oxygen atoms in total. The molecule has 152 valence electrons. The molecule has 3 heterocycles. The average molecular weight is 433 g/mol. The highest BCUT2D eigenvalue weighted by molar-refractivity contribution is 7.89. The van der Waals surface area contributed by atoms with Crippen molar-refractivity contribution in [1.82, 2.24) is 29.8 Å². The van der Waals surface area contributed by atoms with Crippen LogP contribution in [-0.2, 0) is 21.4 Å². The predicted molar refractivity (Wildman–Crippen MR) is 107 cm³/mol. The van der Waals surface area contributed by atoms with Gasteiger partial charge in [0.05, 0.1) is 23.0 Å². The van der Waals surface area contributed by atoms with Crippen molar-refractivity contribution in [3.8, 4) is 5.69 Å². The van der Waals surface area contributed by atoms with E-state index in [0.29, 0.717) is 31.6 Å². The Labute approximate surface area is 172 Å². The summed E-state index contributed by atoms with van der Waals surface area (Å²) in [5.74, 6) is -0.452. The lowest BCUT2D eigenvalue weighted by molar-refractivity contribution is -0.126. The molecule has 3 aromatic rings. The first-order valence-corrected chi connectivity index (χ1v) is 11.5. The first kappa shape index (κ1) is 19.7. The zero-order valence-electron chi connectivity index (χ0n) is 15.5. The van der Waals surface area contributed by atoms with Crippen LogP contribution in [0.4, 0.5) is 0 Å². The van der Waals surface area contributed by atoms with Crippen LogP contribution < -0.4 is 5.32 Å². The second-order valence-corrected chi connectivity index (χ2v) is 9.72. The Morgan fingerprint density at radius 1 is 1.24 bits per heavy atom.